The lowest BCUT2D eigenvalue weighted by Gasteiger charge is -2.24. The van der Waals surface area contributed by atoms with Crippen LogP contribution in [0.25, 0.3) is 5.57 Å². The largest absolute Gasteiger partial charge is 0.369 e. The van der Waals surface area contributed by atoms with Gasteiger partial charge in [0.2, 0.25) is 0 Å². The van der Waals surface area contributed by atoms with Gasteiger partial charge in [-0.25, -0.2) is 4.79 Å². The van der Waals surface area contributed by atoms with Crippen molar-refractivity contribution in [1.29, 1.82) is 0 Å². The summed E-state index contributed by atoms with van der Waals surface area (Å²) >= 11 is 0. The molecule has 5 rings (SSSR count). The summed E-state index contributed by atoms with van der Waals surface area (Å²) in [7, 11) is 0. The molecule has 0 spiro atoms. The number of urea groups is 1. The number of amides is 2. The van der Waals surface area contributed by atoms with E-state index in [9.17, 15) is 9.90 Å². The quantitative estimate of drug-likeness (QED) is 0.619. The molecule has 2 aliphatic heterocycles. The van der Waals surface area contributed by atoms with E-state index in [0.717, 1.165) is 40.1 Å². The van der Waals surface area contributed by atoms with E-state index in [1.54, 1.807) is 4.90 Å². The fourth-order valence-electron chi connectivity index (χ4n) is 4.02. The molecule has 3 aromatic carbocycles. The van der Waals surface area contributed by atoms with Crippen molar-refractivity contribution in [3.8, 4) is 0 Å². The number of para-hydroxylation sites is 1. The summed E-state index contributed by atoms with van der Waals surface area (Å²) in [6.07, 6.45) is 2.02. The molecule has 0 saturated heterocycles. The summed E-state index contributed by atoms with van der Waals surface area (Å²) < 4.78 is 0. The number of rotatable bonds is 2. The highest BCUT2D eigenvalue weighted by atomic mass is 16.3. The molecule has 1 atom stereocenters. The second-order valence-electron chi connectivity index (χ2n) is 7.25. The summed E-state index contributed by atoms with van der Waals surface area (Å²) in [6.45, 7) is 0.695. The lowest BCUT2D eigenvalue weighted by Crippen LogP contribution is -2.33. The maximum absolute atomic E-state index is 12.7. The van der Waals surface area contributed by atoms with Gasteiger partial charge < -0.3 is 15.7 Å². The van der Waals surface area contributed by atoms with Crippen LogP contribution >= 0.6 is 0 Å². The van der Waals surface area contributed by atoms with Gasteiger partial charge in [-0.3, -0.25) is 4.90 Å². The topological polar surface area (TPSA) is 64.6 Å². The minimum atomic E-state index is -0.697. The standard InChI is InChI=1S/C24H21N3O2/c28-23-20-7-3-2-6-19(20)21(15-25-23)16-9-11-18(12-10-16)26-24(29)27-14-13-17-5-1-4-8-22(17)27/h1-12,15,23,25,28H,13-14H2,(H,26,29). The van der Waals surface area contributed by atoms with Crippen LogP contribution in [-0.4, -0.2) is 17.7 Å². The van der Waals surface area contributed by atoms with Crippen LogP contribution < -0.4 is 15.5 Å². The van der Waals surface area contributed by atoms with Crippen molar-refractivity contribution in [2.24, 2.45) is 0 Å². The van der Waals surface area contributed by atoms with Crippen molar-refractivity contribution in [2.75, 3.05) is 16.8 Å². The third kappa shape index (κ3) is 3.15. The molecular formula is C24H21N3O2. The van der Waals surface area contributed by atoms with Crippen molar-refractivity contribution >= 4 is 23.0 Å². The van der Waals surface area contributed by atoms with Gasteiger partial charge in [-0.15, -0.1) is 0 Å². The number of nitrogens with one attached hydrogen (secondary N) is 2. The van der Waals surface area contributed by atoms with Crippen LogP contribution in [0.5, 0.6) is 0 Å². The molecule has 5 nitrogen and oxygen atoms in total. The first-order chi connectivity index (χ1) is 14.2. The molecule has 2 heterocycles. The van der Waals surface area contributed by atoms with E-state index < -0.39 is 6.23 Å². The van der Waals surface area contributed by atoms with E-state index in [-0.39, 0.29) is 6.03 Å². The monoisotopic (exact) mass is 383 g/mol. The zero-order chi connectivity index (χ0) is 19.8. The number of nitrogens with zero attached hydrogens (tertiary/aromatic N) is 1. The molecule has 0 saturated carbocycles. The second kappa shape index (κ2) is 7.11. The zero-order valence-electron chi connectivity index (χ0n) is 15.8. The van der Waals surface area contributed by atoms with Crippen LogP contribution in [-0.2, 0) is 6.42 Å². The second-order valence-corrected chi connectivity index (χ2v) is 7.25. The van der Waals surface area contributed by atoms with Gasteiger partial charge in [0.15, 0.2) is 6.23 Å². The van der Waals surface area contributed by atoms with Gasteiger partial charge in [0.1, 0.15) is 0 Å². The van der Waals surface area contributed by atoms with Crippen LogP contribution in [0, 0.1) is 0 Å². The van der Waals surface area contributed by atoms with Crippen molar-refractivity contribution in [3.63, 3.8) is 0 Å². The van der Waals surface area contributed by atoms with Crippen molar-refractivity contribution in [3.05, 3.63) is 101 Å². The Balaban J connectivity index is 1.35. The molecule has 2 aliphatic rings. The van der Waals surface area contributed by atoms with E-state index in [0.29, 0.717) is 6.54 Å². The number of aliphatic hydroxyl groups excluding tert-OH is 1. The Hall–Kier alpha value is -3.57. The Kier molecular flexibility index (Phi) is 4.30. The van der Waals surface area contributed by atoms with Crippen LogP contribution in [0.1, 0.15) is 28.5 Å². The Labute approximate surface area is 169 Å². The fourth-order valence-corrected chi connectivity index (χ4v) is 4.02. The Morgan fingerprint density at radius 3 is 2.62 bits per heavy atom. The molecule has 5 heteroatoms. The van der Waals surface area contributed by atoms with Gasteiger partial charge in [0, 0.05) is 35.3 Å². The van der Waals surface area contributed by atoms with Crippen molar-refractivity contribution < 1.29 is 9.90 Å². The number of aliphatic hydroxyl groups is 1. The Morgan fingerprint density at radius 1 is 1.00 bits per heavy atom. The normalized spacial score (nSPS) is 17.1. The highest BCUT2D eigenvalue weighted by Gasteiger charge is 2.24. The van der Waals surface area contributed by atoms with E-state index in [1.807, 2.05) is 72.9 Å². The first kappa shape index (κ1) is 17.5. The van der Waals surface area contributed by atoms with Crippen LogP contribution in [0.4, 0.5) is 16.2 Å². The van der Waals surface area contributed by atoms with Gasteiger partial charge in [-0.05, 0) is 41.3 Å². The SMILES string of the molecule is O=C(Nc1ccc(C2=CNC(O)c3ccccc32)cc1)N1CCc2ccccc21. The lowest BCUT2D eigenvalue weighted by molar-refractivity contribution is 0.154. The maximum atomic E-state index is 12.7. The molecule has 0 fully saturated rings. The van der Waals surface area contributed by atoms with Gasteiger partial charge in [-0.1, -0.05) is 54.6 Å². The highest BCUT2D eigenvalue weighted by Crippen LogP contribution is 2.33. The molecular weight excluding hydrogens is 362 g/mol. The summed E-state index contributed by atoms with van der Waals surface area (Å²) in [6, 6.07) is 23.5. The average Bonchev–Trinajstić information content (AvgIpc) is 3.19. The minimum absolute atomic E-state index is 0.116. The molecule has 0 bridgehead atoms. The molecule has 0 aromatic heterocycles. The molecule has 0 aliphatic carbocycles. The van der Waals surface area contributed by atoms with Crippen LogP contribution in [0.2, 0.25) is 0 Å². The average molecular weight is 383 g/mol. The van der Waals surface area contributed by atoms with Crippen LogP contribution in [0.3, 0.4) is 0 Å². The number of carbonyl (C=O) groups excluding carboxylic acids is 1. The number of benzene rings is 3. The first-order valence-corrected chi connectivity index (χ1v) is 9.71. The minimum Gasteiger partial charge on any atom is -0.369 e. The molecule has 1 unspecified atom stereocenters. The lowest BCUT2D eigenvalue weighted by atomic mass is 9.91. The third-order valence-electron chi connectivity index (χ3n) is 5.51. The summed E-state index contributed by atoms with van der Waals surface area (Å²) in [5, 5.41) is 16.1. The summed E-state index contributed by atoms with van der Waals surface area (Å²) in [5.41, 5.74) is 6.82. The smallest absolute Gasteiger partial charge is 0.326 e. The van der Waals surface area contributed by atoms with Crippen molar-refractivity contribution in [2.45, 2.75) is 12.6 Å². The van der Waals surface area contributed by atoms with E-state index in [4.69, 9.17) is 0 Å². The molecule has 0 radical (unpaired) electrons. The molecule has 3 N–H and O–H groups in total. The highest BCUT2D eigenvalue weighted by molar-refractivity contribution is 6.03. The van der Waals surface area contributed by atoms with Gasteiger partial charge in [0.05, 0.1) is 0 Å². The molecule has 144 valence electrons. The predicted octanol–water partition coefficient (Wildman–Crippen LogP) is 4.26. The fraction of sp³-hybridized carbons (Fsp3) is 0.125. The number of hydrogen-bond donors (Lipinski definition) is 3. The Morgan fingerprint density at radius 2 is 1.76 bits per heavy atom. The third-order valence-corrected chi connectivity index (χ3v) is 5.51. The van der Waals surface area contributed by atoms with E-state index in [2.05, 4.69) is 16.7 Å². The molecule has 2 amide bonds. The van der Waals surface area contributed by atoms with Gasteiger partial charge in [0.25, 0.3) is 0 Å². The first-order valence-electron chi connectivity index (χ1n) is 9.71. The summed E-state index contributed by atoms with van der Waals surface area (Å²) in [4.78, 5) is 14.5. The van der Waals surface area contributed by atoms with Crippen LogP contribution in [0.15, 0.2) is 79.0 Å². The maximum Gasteiger partial charge on any atom is 0.326 e. The van der Waals surface area contributed by atoms with Gasteiger partial charge >= 0.3 is 6.03 Å². The predicted molar refractivity (Wildman–Crippen MR) is 115 cm³/mol. The number of fused-ring (bicyclic) bond motifs is 2. The van der Waals surface area contributed by atoms with E-state index in [1.165, 1.54) is 5.56 Å². The number of hydrogen-bond acceptors (Lipinski definition) is 3. The molecule has 3 aromatic rings. The zero-order valence-corrected chi connectivity index (χ0v) is 15.8. The van der Waals surface area contributed by atoms with Crippen molar-refractivity contribution in [1.82, 2.24) is 5.32 Å². The Bertz CT molecular complexity index is 1110. The van der Waals surface area contributed by atoms with Gasteiger partial charge in [-0.2, -0.15) is 0 Å². The van der Waals surface area contributed by atoms with E-state index >= 15 is 0 Å². The summed E-state index contributed by atoms with van der Waals surface area (Å²) in [5.74, 6) is 0. The number of carbonyl (C=O) groups is 1. The molecule has 29 heavy (non-hydrogen) atoms. The number of anilines is 2.